The van der Waals surface area contributed by atoms with Crippen LogP contribution in [0.5, 0.6) is 0 Å². The topological polar surface area (TPSA) is 87.3 Å². The van der Waals surface area contributed by atoms with Crippen LogP contribution in [0.2, 0.25) is 0 Å². The van der Waals surface area contributed by atoms with Crippen molar-refractivity contribution in [2.24, 2.45) is 0 Å². The Bertz CT molecular complexity index is 972. The molecular weight excluding hydrogens is 374 g/mol. The number of rotatable bonds is 6. The molecule has 0 aliphatic heterocycles. The maximum absolute atomic E-state index is 12.4. The van der Waals surface area contributed by atoms with Gasteiger partial charge in [-0.05, 0) is 48.7 Å². The van der Waals surface area contributed by atoms with Crippen LogP contribution in [0.4, 0.5) is 11.4 Å². The van der Waals surface area contributed by atoms with Crippen LogP contribution in [0.3, 0.4) is 0 Å². The Morgan fingerprint density at radius 3 is 2.21 bits per heavy atom. The maximum atomic E-state index is 12.4. The molecule has 1 atom stereocenters. The number of benzene rings is 2. The van der Waals surface area contributed by atoms with Gasteiger partial charge in [-0.25, -0.2) is 0 Å². The van der Waals surface area contributed by atoms with Gasteiger partial charge >= 0.3 is 0 Å². The Labute approximate surface area is 166 Å². The maximum Gasteiger partial charge on any atom is 0.265 e. The van der Waals surface area contributed by atoms with Crippen molar-refractivity contribution in [2.75, 3.05) is 10.6 Å². The molecular formula is C21H19N3O3S. The van der Waals surface area contributed by atoms with E-state index in [-0.39, 0.29) is 17.7 Å². The first kappa shape index (κ1) is 19.3. The first-order chi connectivity index (χ1) is 13.5. The van der Waals surface area contributed by atoms with Crippen molar-refractivity contribution in [3.8, 4) is 0 Å². The van der Waals surface area contributed by atoms with Gasteiger partial charge in [-0.2, -0.15) is 0 Å². The van der Waals surface area contributed by atoms with E-state index >= 15 is 0 Å². The molecule has 2 aromatic carbocycles. The number of thiophene rings is 1. The molecule has 28 heavy (non-hydrogen) atoms. The van der Waals surface area contributed by atoms with Crippen molar-refractivity contribution in [3.05, 3.63) is 82.6 Å². The predicted molar refractivity (Wildman–Crippen MR) is 111 cm³/mol. The van der Waals surface area contributed by atoms with E-state index in [4.69, 9.17) is 0 Å². The molecule has 3 aromatic rings. The monoisotopic (exact) mass is 393 g/mol. The molecule has 0 saturated carbocycles. The van der Waals surface area contributed by atoms with E-state index in [1.54, 1.807) is 67.6 Å². The SMILES string of the molecule is CC(NC(=O)c1ccccc1)C(=O)Nc1cccc(NC(=O)c2cccs2)c1. The summed E-state index contributed by atoms with van der Waals surface area (Å²) in [7, 11) is 0. The fourth-order valence-electron chi connectivity index (χ4n) is 2.46. The van der Waals surface area contributed by atoms with Crippen LogP contribution in [-0.4, -0.2) is 23.8 Å². The molecule has 142 valence electrons. The molecule has 0 aliphatic carbocycles. The van der Waals surface area contributed by atoms with E-state index < -0.39 is 6.04 Å². The third kappa shape index (κ3) is 5.05. The number of anilines is 2. The number of hydrogen-bond donors (Lipinski definition) is 3. The van der Waals surface area contributed by atoms with Crippen molar-refractivity contribution in [1.29, 1.82) is 0 Å². The molecule has 0 saturated heterocycles. The molecule has 0 aliphatic rings. The fraction of sp³-hybridized carbons (Fsp3) is 0.0952. The Morgan fingerprint density at radius 2 is 1.54 bits per heavy atom. The van der Waals surface area contributed by atoms with Crippen LogP contribution in [0, 0.1) is 0 Å². The second-order valence-electron chi connectivity index (χ2n) is 6.06. The van der Waals surface area contributed by atoms with Gasteiger partial charge < -0.3 is 16.0 Å². The summed E-state index contributed by atoms with van der Waals surface area (Å²) in [4.78, 5) is 37.3. The highest BCUT2D eigenvalue weighted by atomic mass is 32.1. The zero-order valence-electron chi connectivity index (χ0n) is 15.1. The van der Waals surface area contributed by atoms with Crippen LogP contribution >= 0.6 is 11.3 Å². The number of carbonyl (C=O) groups is 3. The van der Waals surface area contributed by atoms with Crippen LogP contribution in [-0.2, 0) is 4.79 Å². The van der Waals surface area contributed by atoms with Crippen molar-refractivity contribution in [3.63, 3.8) is 0 Å². The second kappa shape index (κ2) is 8.96. The Balaban J connectivity index is 1.59. The molecule has 3 N–H and O–H groups in total. The van der Waals surface area contributed by atoms with Gasteiger partial charge in [-0.1, -0.05) is 30.3 Å². The zero-order valence-corrected chi connectivity index (χ0v) is 16.0. The molecule has 7 heteroatoms. The van der Waals surface area contributed by atoms with Gasteiger partial charge in [0.05, 0.1) is 4.88 Å². The average molecular weight is 393 g/mol. The highest BCUT2D eigenvalue weighted by molar-refractivity contribution is 7.12. The molecule has 0 radical (unpaired) electrons. The van der Waals surface area contributed by atoms with E-state index in [0.717, 1.165) is 0 Å². The molecule has 1 unspecified atom stereocenters. The Kier molecular flexibility index (Phi) is 6.18. The molecule has 3 amide bonds. The lowest BCUT2D eigenvalue weighted by molar-refractivity contribution is -0.117. The second-order valence-corrected chi connectivity index (χ2v) is 7.01. The van der Waals surface area contributed by atoms with E-state index in [2.05, 4.69) is 16.0 Å². The normalized spacial score (nSPS) is 11.3. The molecule has 3 rings (SSSR count). The molecule has 1 aromatic heterocycles. The van der Waals surface area contributed by atoms with Crippen molar-refractivity contribution in [1.82, 2.24) is 5.32 Å². The summed E-state index contributed by atoms with van der Waals surface area (Å²) < 4.78 is 0. The summed E-state index contributed by atoms with van der Waals surface area (Å²) in [5.74, 6) is -0.881. The fourth-order valence-corrected chi connectivity index (χ4v) is 3.08. The van der Waals surface area contributed by atoms with E-state index in [1.165, 1.54) is 11.3 Å². The van der Waals surface area contributed by atoms with E-state index in [0.29, 0.717) is 21.8 Å². The molecule has 0 fully saturated rings. The standard InChI is InChI=1S/C21H19N3O3S/c1-14(22-20(26)15-7-3-2-4-8-15)19(25)23-16-9-5-10-17(13-16)24-21(27)18-11-6-12-28-18/h2-14H,1H3,(H,22,26)(H,23,25)(H,24,27). The molecule has 6 nitrogen and oxygen atoms in total. The average Bonchev–Trinajstić information content (AvgIpc) is 3.24. The largest absolute Gasteiger partial charge is 0.341 e. The van der Waals surface area contributed by atoms with Crippen molar-refractivity contribution >= 4 is 40.4 Å². The minimum absolute atomic E-state index is 0.207. The first-order valence-corrected chi connectivity index (χ1v) is 9.52. The summed E-state index contributed by atoms with van der Waals surface area (Å²) >= 11 is 1.35. The smallest absolute Gasteiger partial charge is 0.265 e. The van der Waals surface area contributed by atoms with Gasteiger partial charge in [0, 0.05) is 16.9 Å². The van der Waals surface area contributed by atoms with Crippen LogP contribution < -0.4 is 16.0 Å². The van der Waals surface area contributed by atoms with E-state index in [9.17, 15) is 14.4 Å². The van der Waals surface area contributed by atoms with Crippen molar-refractivity contribution in [2.45, 2.75) is 13.0 Å². The van der Waals surface area contributed by atoms with Crippen LogP contribution in [0.25, 0.3) is 0 Å². The van der Waals surface area contributed by atoms with Gasteiger partial charge in [0.25, 0.3) is 11.8 Å². The predicted octanol–water partition coefficient (Wildman–Crippen LogP) is 3.76. The molecule has 1 heterocycles. The van der Waals surface area contributed by atoms with Crippen LogP contribution in [0.1, 0.15) is 27.0 Å². The summed E-state index contributed by atoms with van der Waals surface area (Å²) in [6.45, 7) is 1.61. The molecule has 0 bridgehead atoms. The zero-order chi connectivity index (χ0) is 19.9. The highest BCUT2D eigenvalue weighted by Gasteiger charge is 2.17. The third-order valence-corrected chi connectivity index (χ3v) is 4.78. The number of carbonyl (C=O) groups excluding carboxylic acids is 3. The van der Waals surface area contributed by atoms with E-state index in [1.807, 2.05) is 11.4 Å². The lowest BCUT2D eigenvalue weighted by Crippen LogP contribution is -2.41. The lowest BCUT2D eigenvalue weighted by atomic mass is 10.2. The Hall–Kier alpha value is -3.45. The van der Waals surface area contributed by atoms with Gasteiger partial charge in [-0.3, -0.25) is 14.4 Å². The highest BCUT2D eigenvalue weighted by Crippen LogP contribution is 2.18. The summed E-state index contributed by atoms with van der Waals surface area (Å²) in [6, 6.07) is 18.4. The van der Waals surface area contributed by atoms with Gasteiger partial charge in [-0.15, -0.1) is 11.3 Å². The van der Waals surface area contributed by atoms with Gasteiger partial charge in [0.2, 0.25) is 5.91 Å². The lowest BCUT2D eigenvalue weighted by Gasteiger charge is -2.15. The molecule has 0 spiro atoms. The quantitative estimate of drug-likeness (QED) is 0.596. The minimum atomic E-state index is -0.725. The summed E-state index contributed by atoms with van der Waals surface area (Å²) in [6.07, 6.45) is 0. The number of amides is 3. The minimum Gasteiger partial charge on any atom is -0.341 e. The number of hydrogen-bond acceptors (Lipinski definition) is 4. The first-order valence-electron chi connectivity index (χ1n) is 8.64. The summed E-state index contributed by atoms with van der Waals surface area (Å²) in [5, 5.41) is 10.0. The Morgan fingerprint density at radius 1 is 0.821 bits per heavy atom. The van der Waals surface area contributed by atoms with Gasteiger partial charge in [0.15, 0.2) is 0 Å². The van der Waals surface area contributed by atoms with Crippen molar-refractivity contribution < 1.29 is 14.4 Å². The van der Waals surface area contributed by atoms with Gasteiger partial charge in [0.1, 0.15) is 6.04 Å². The van der Waals surface area contributed by atoms with Crippen LogP contribution in [0.15, 0.2) is 72.1 Å². The number of nitrogens with one attached hydrogen (secondary N) is 3. The summed E-state index contributed by atoms with van der Waals surface area (Å²) in [5.41, 5.74) is 1.58. The third-order valence-electron chi connectivity index (χ3n) is 3.91.